The number of aliphatic carboxylic acids is 1. The fourth-order valence-corrected chi connectivity index (χ4v) is 3.64. The second-order valence-corrected chi connectivity index (χ2v) is 7.43. The topological polar surface area (TPSA) is 70.0 Å². The molecule has 1 aromatic rings. The molecule has 0 spiro atoms. The molecular formula is C18H24ClNO4. The van der Waals surface area contributed by atoms with Crippen molar-refractivity contribution in [3.8, 4) is 5.75 Å². The minimum absolute atomic E-state index is 0.393. The molecule has 0 amide bonds. The molecule has 1 aliphatic carbocycles. The number of benzene rings is 1. The average Bonchev–Trinajstić information content (AvgIpc) is 3.36. The second-order valence-electron chi connectivity index (χ2n) is 6.99. The van der Waals surface area contributed by atoms with Crippen LogP contribution in [0.15, 0.2) is 24.3 Å². The maximum atomic E-state index is 11.9. The average molecular weight is 354 g/mol. The quantitative estimate of drug-likeness (QED) is 0.788. The zero-order chi connectivity index (χ0) is 17.2. The molecule has 2 N–H and O–H groups in total. The van der Waals surface area contributed by atoms with Crippen molar-refractivity contribution in [3.05, 3.63) is 29.3 Å². The number of carboxylic acids is 1. The molecule has 24 heavy (non-hydrogen) atoms. The first-order valence-electron chi connectivity index (χ1n) is 8.52. The van der Waals surface area contributed by atoms with E-state index in [2.05, 4.69) is 4.90 Å². The van der Waals surface area contributed by atoms with E-state index in [-0.39, 0.29) is 0 Å². The number of aliphatic hydroxyl groups excluding tert-OH is 1. The van der Waals surface area contributed by atoms with Crippen LogP contribution in [0.2, 0.25) is 5.02 Å². The van der Waals surface area contributed by atoms with Gasteiger partial charge in [0.2, 0.25) is 0 Å². The van der Waals surface area contributed by atoms with Crippen molar-refractivity contribution in [2.75, 3.05) is 26.2 Å². The third kappa shape index (κ3) is 4.02. The van der Waals surface area contributed by atoms with Gasteiger partial charge in [-0.25, -0.2) is 0 Å². The number of carbonyl (C=O) groups is 1. The highest BCUT2D eigenvalue weighted by molar-refractivity contribution is 6.30. The third-order valence-electron chi connectivity index (χ3n) is 5.13. The van der Waals surface area contributed by atoms with Crippen molar-refractivity contribution < 1.29 is 19.7 Å². The predicted octanol–water partition coefficient (Wildman–Crippen LogP) is 2.66. The molecule has 2 aliphatic rings. The molecule has 2 fully saturated rings. The van der Waals surface area contributed by atoms with Crippen LogP contribution in [0, 0.1) is 11.3 Å². The summed E-state index contributed by atoms with van der Waals surface area (Å²) in [6.07, 6.45) is 2.49. The molecule has 5 nitrogen and oxygen atoms in total. The first-order chi connectivity index (χ1) is 11.5. The molecule has 1 aliphatic heterocycles. The van der Waals surface area contributed by atoms with Crippen LogP contribution < -0.4 is 4.74 Å². The number of piperidine rings is 1. The van der Waals surface area contributed by atoms with Crippen LogP contribution in [0.3, 0.4) is 0 Å². The summed E-state index contributed by atoms with van der Waals surface area (Å²) in [6, 6.07) is 7.19. The first kappa shape index (κ1) is 17.5. The van der Waals surface area contributed by atoms with E-state index < -0.39 is 17.5 Å². The van der Waals surface area contributed by atoms with Gasteiger partial charge < -0.3 is 14.9 Å². The van der Waals surface area contributed by atoms with Crippen molar-refractivity contribution in [2.45, 2.75) is 31.8 Å². The van der Waals surface area contributed by atoms with E-state index in [0.29, 0.717) is 50.0 Å². The minimum Gasteiger partial charge on any atom is -0.492 e. The summed E-state index contributed by atoms with van der Waals surface area (Å²) in [4.78, 5) is 14.0. The molecule has 0 radical (unpaired) electrons. The Morgan fingerprint density at radius 1 is 1.29 bits per heavy atom. The van der Waals surface area contributed by atoms with E-state index in [1.54, 1.807) is 12.1 Å². The lowest BCUT2D eigenvalue weighted by molar-refractivity contribution is -0.165. The zero-order valence-corrected chi connectivity index (χ0v) is 14.4. The van der Waals surface area contributed by atoms with Gasteiger partial charge in [0.1, 0.15) is 17.8 Å². The van der Waals surface area contributed by atoms with Crippen LogP contribution in [-0.2, 0) is 4.79 Å². The van der Waals surface area contributed by atoms with Crippen LogP contribution in [0.25, 0.3) is 0 Å². The lowest BCUT2D eigenvalue weighted by Gasteiger charge is -2.43. The smallest absolute Gasteiger partial charge is 0.313 e. The maximum Gasteiger partial charge on any atom is 0.313 e. The van der Waals surface area contributed by atoms with Crippen LogP contribution in [0.1, 0.15) is 25.7 Å². The highest BCUT2D eigenvalue weighted by Gasteiger charge is 2.51. The van der Waals surface area contributed by atoms with Crippen LogP contribution in [-0.4, -0.2) is 53.4 Å². The Morgan fingerprint density at radius 3 is 2.62 bits per heavy atom. The Labute approximate surface area is 147 Å². The molecule has 1 heterocycles. The Hall–Kier alpha value is -1.30. The van der Waals surface area contributed by atoms with E-state index in [0.717, 1.165) is 18.6 Å². The highest BCUT2D eigenvalue weighted by atomic mass is 35.5. The number of likely N-dealkylation sites (tertiary alicyclic amines) is 1. The van der Waals surface area contributed by atoms with Gasteiger partial charge in [0.15, 0.2) is 0 Å². The molecule has 0 aromatic heterocycles. The number of rotatable bonds is 7. The number of carboxylic acid groups (broad SMARTS) is 1. The van der Waals surface area contributed by atoms with E-state index in [1.165, 1.54) is 0 Å². The van der Waals surface area contributed by atoms with E-state index in [4.69, 9.17) is 16.3 Å². The summed E-state index contributed by atoms with van der Waals surface area (Å²) in [5.41, 5.74) is -1.03. The van der Waals surface area contributed by atoms with Crippen molar-refractivity contribution in [2.24, 2.45) is 11.3 Å². The molecule has 1 aromatic carbocycles. The van der Waals surface area contributed by atoms with Gasteiger partial charge in [0.25, 0.3) is 0 Å². The standard InChI is InChI=1S/C18H24ClNO4/c19-14-3-5-15(6-4-14)24-10-9-20-8-7-16(21)18(12-20,17(22)23)11-13-1-2-13/h3-6,13,16,21H,1-2,7-12H2,(H,22,23)/t16-,18-/m0/s1. The Kier molecular flexibility index (Phi) is 5.33. The monoisotopic (exact) mass is 353 g/mol. The molecule has 1 saturated carbocycles. The zero-order valence-electron chi connectivity index (χ0n) is 13.7. The van der Waals surface area contributed by atoms with Crippen LogP contribution >= 0.6 is 11.6 Å². The summed E-state index contributed by atoms with van der Waals surface area (Å²) in [7, 11) is 0. The predicted molar refractivity (Wildman–Crippen MR) is 91.4 cm³/mol. The summed E-state index contributed by atoms with van der Waals surface area (Å²) < 4.78 is 5.70. The Bertz CT molecular complexity index is 575. The largest absolute Gasteiger partial charge is 0.492 e. The summed E-state index contributed by atoms with van der Waals surface area (Å²) in [5, 5.41) is 20.8. The normalized spacial score (nSPS) is 27.8. The van der Waals surface area contributed by atoms with Gasteiger partial charge in [0.05, 0.1) is 6.10 Å². The van der Waals surface area contributed by atoms with Gasteiger partial charge in [0, 0.05) is 24.7 Å². The molecule has 132 valence electrons. The van der Waals surface area contributed by atoms with Crippen LogP contribution in [0.5, 0.6) is 5.75 Å². The summed E-state index contributed by atoms with van der Waals surface area (Å²) in [6.45, 7) is 2.22. The molecule has 1 saturated heterocycles. The van der Waals surface area contributed by atoms with Gasteiger partial charge in [-0.1, -0.05) is 24.4 Å². The first-order valence-corrected chi connectivity index (χ1v) is 8.89. The van der Waals surface area contributed by atoms with Crippen molar-refractivity contribution in [1.82, 2.24) is 4.90 Å². The van der Waals surface area contributed by atoms with Crippen molar-refractivity contribution in [1.29, 1.82) is 0 Å². The van der Waals surface area contributed by atoms with Gasteiger partial charge in [-0.2, -0.15) is 0 Å². The summed E-state index contributed by atoms with van der Waals surface area (Å²) in [5.74, 6) is 0.338. The number of aliphatic hydroxyl groups is 1. The lowest BCUT2D eigenvalue weighted by Crippen LogP contribution is -2.56. The number of hydrogen-bond acceptors (Lipinski definition) is 4. The van der Waals surface area contributed by atoms with E-state index in [9.17, 15) is 15.0 Å². The molecule has 6 heteroatoms. The number of nitrogens with zero attached hydrogens (tertiary/aromatic N) is 1. The molecule has 0 unspecified atom stereocenters. The summed E-state index contributed by atoms with van der Waals surface area (Å²) >= 11 is 5.85. The van der Waals surface area contributed by atoms with Gasteiger partial charge in [-0.3, -0.25) is 9.69 Å². The Morgan fingerprint density at radius 2 is 2.00 bits per heavy atom. The maximum absolute atomic E-state index is 11.9. The lowest BCUT2D eigenvalue weighted by atomic mass is 9.73. The molecule has 2 atom stereocenters. The fraction of sp³-hybridized carbons (Fsp3) is 0.611. The third-order valence-corrected chi connectivity index (χ3v) is 5.38. The van der Waals surface area contributed by atoms with Crippen molar-refractivity contribution >= 4 is 17.6 Å². The molecule has 0 bridgehead atoms. The second kappa shape index (κ2) is 7.30. The number of ether oxygens (including phenoxy) is 1. The van der Waals surface area contributed by atoms with E-state index in [1.807, 2.05) is 12.1 Å². The molecule has 3 rings (SSSR count). The van der Waals surface area contributed by atoms with Gasteiger partial charge >= 0.3 is 5.97 Å². The number of halogens is 1. The highest BCUT2D eigenvalue weighted by Crippen LogP contribution is 2.45. The molecular weight excluding hydrogens is 330 g/mol. The fourth-order valence-electron chi connectivity index (χ4n) is 3.51. The minimum atomic E-state index is -1.03. The van der Waals surface area contributed by atoms with Gasteiger partial charge in [-0.15, -0.1) is 0 Å². The SMILES string of the molecule is O=C(O)[C@@]1(CC2CC2)CN(CCOc2ccc(Cl)cc2)CC[C@@H]1O. The van der Waals surface area contributed by atoms with Crippen molar-refractivity contribution in [3.63, 3.8) is 0 Å². The number of hydrogen-bond donors (Lipinski definition) is 2. The van der Waals surface area contributed by atoms with Gasteiger partial charge in [-0.05, 0) is 43.0 Å². The van der Waals surface area contributed by atoms with Crippen LogP contribution in [0.4, 0.5) is 0 Å². The van der Waals surface area contributed by atoms with E-state index >= 15 is 0 Å². The Balaban J connectivity index is 1.56.